The Labute approximate surface area is 160 Å². The zero-order valence-corrected chi connectivity index (χ0v) is 16.2. The largest absolute Gasteiger partial charge is 0.350 e. The molecule has 1 atom stereocenters. The maximum Gasteiger partial charge on any atom is 0.243 e. The van der Waals surface area contributed by atoms with Crippen LogP contribution in [0.1, 0.15) is 35.6 Å². The van der Waals surface area contributed by atoms with Gasteiger partial charge in [0.2, 0.25) is 15.9 Å². The smallest absolute Gasteiger partial charge is 0.243 e. The molecule has 1 amide bonds. The Morgan fingerprint density at radius 2 is 1.67 bits per heavy atom. The molecule has 2 aromatic carbocycles. The van der Waals surface area contributed by atoms with Crippen LogP contribution in [0.25, 0.3) is 0 Å². The quantitative estimate of drug-likeness (QED) is 0.794. The van der Waals surface area contributed by atoms with Crippen LogP contribution in [-0.2, 0) is 21.4 Å². The van der Waals surface area contributed by atoms with Crippen LogP contribution in [0.15, 0.2) is 53.4 Å². The highest BCUT2D eigenvalue weighted by Crippen LogP contribution is 2.21. The van der Waals surface area contributed by atoms with E-state index in [1.54, 1.807) is 24.3 Å². The number of nitrogens with one attached hydrogen (secondary N) is 1. The van der Waals surface area contributed by atoms with Crippen LogP contribution in [0, 0.1) is 6.92 Å². The molecule has 3 N–H and O–H groups in total. The first-order valence-corrected chi connectivity index (χ1v) is 10.5. The molecular weight excluding hydrogens is 362 g/mol. The lowest BCUT2D eigenvalue weighted by atomic mass is 10.1. The van der Waals surface area contributed by atoms with Gasteiger partial charge in [-0.3, -0.25) is 4.79 Å². The van der Waals surface area contributed by atoms with Gasteiger partial charge in [-0.15, -0.1) is 0 Å². The van der Waals surface area contributed by atoms with E-state index in [1.807, 2.05) is 31.2 Å². The van der Waals surface area contributed by atoms with E-state index in [0.717, 1.165) is 29.5 Å². The molecule has 1 heterocycles. The summed E-state index contributed by atoms with van der Waals surface area (Å²) in [5.74, 6) is -0.271. The monoisotopic (exact) mass is 387 g/mol. The maximum absolute atomic E-state index is 12.5. The number of hydrogen-bond acceptors (Lipinski definition) is 4. The molecular formula is C20H25N3O3S. The Hall–Kier alpha value is -2.22. The fourth-order valence-corrected chi connectivity index (χ4v) is 4.60. The lowest BCUT2D eigenvalue weighted by Crippen LogP contribution is -2.33. The zero-order valence-electron chi connectivity index (χ0n) is 15.4. The molecule has 3 rings (SSSR count). The lowest BCUT2D eigenvalue weighted by Gasteiger charge is -2.16. The SMILES string of the molecule is Cc1ccc(C(N)C(=O)NCc2ccc(S(=O)(=O)N3CCCC3)cc2)cc1. The third-order valence-electron chi connectivity index (χ3n) is 4.81. The Kier molecular flexibility index (Phi) is 5.94. The summed E-state index contributed by atoms with van der Waals surface area (Å²) in [6.45, 7) is 3.43. The molecule has 0 spiro atoms. The van der Waals surface area contributed by atoms with Gasteiger partial charge >= 0.3 is 0 Å². The molecule has 6 nitrogen and oxygen atoms in total. The standard InChI is InChI=1S/C20H25N3O3S/c1-15-4-8-17(9-5-15)19(21)20(24)22-14-16-6-10-18(11-7-16)27(25,26)23-12-2-3-13-23/h4-11,19H,2-3,12-14,21H2,1H3,(H,22,24). The van der Waals surface area contributed by atoms with Crippen molar-refractivity contribution in [2.45, 2.75) is 37.2 Å². The van der Waals surface area contributed by atoms with Crippen molar-refractivity contribution in [1.82, 2.24) is 9.62 Å². The van der Waals surface area contributed by atoms with Gasteiger partial charge in [0.15, 0.2) is 0 Å². The number of nitrogens with zero attached hydrogens (tertiary/aromatic N) is 1. The summed E-state index contributed by atoms with van der Waals surface area (Å²) in [5.41, 5.74) is 8.69. The molecule has 7 heteroatoms. The van der Waals surface area contributed by atoms with Gasteiger partial charge in [-0.2, -0.15) is 4.31 Å². The van der Waals surface area contributed by atoms with E-state index in [2.05, 4.69) is 5.32 Å². The van der Waals surface area contributed by atoms with Gasteiger partial charge in [0.25, 0.3) is 0 Å². The van der Waals surface area contributed by atoms with Crippen molar-refractivity contribution in [1.29, 1.82) is 0 Å². The number of rotatable bonds is 6. The van der Waals surface area contributed by atoms with Crippen molar-refractivity contribution in [3.63, 3.8) is 0 Å². The summed E-state index contributed by atoms with van der Waals surface area (Å²) < 4.78 is 26.6. The third kappa shape index (κ3) is 4.55. The molecule has 144 valence electrons. The summed E-state index contributed by atoms with van der Waals surface area (Å²) in [4.78, 5) is 12.6. The highest BCUT2D eigenvalue weighted by atomic mass is 32.2. The maximum atomic E-state index is 12.5. The van der Waals surface area contributed by atoms with Crippen molar-refractivity contribution < 1.29 is 13.2 Å². The number of amides is 1. The van der Waals surface area contributed by atoms with Gasteiger partial charge in [0, 0.05) is 19.6 Å². The number of nitrogens with two attached hydrogens (primary N) is 1. The molecule has 1 aliphatic rings. The van der Waals surface area contributed by atoms with Crippen molar-refractivity contribution in [3.05, 3.63) is 65.2 Å². The first-order chi connectivity index (χ1) is 12.9. The van der Waals surface area contributed by atoms with Crippen LogP contribution >= 0.6 is 0 Å². The molecule has 0 aliphatic carbocycles. The van der Waals surface area contributed by atoms with Gasteiger partial charge in [0.1, 0.15) is 6.04 Å². The summed E-state index contributed by atoms with van der Waals surface area (Å²) in [5, 5.41) is 2.80. The van der Waals surface area contributed by atoms with Crippen molar-refractivity contribution in [2.24, 2.45) is 5.73 Å². The summed E-state index contributed by atoms with van der Waals surface area (Å²) >= 11 is 0. The minimum atomic E-state index is -3.41. The fourth-order valence-electron chi connectivity index (χ4n) is 3.08. The van der Waals surface area contributed by atoms with E-state index < -0.39 is 16.1 Å². The first-order valence-electron chi connectivity index (χ1n) is 9.07. The first kappa shape index (κ1) is 19.5. The van der Waals surface area contributed by atoms with E-state index in [9.17, 15) is 13.2 Å². The number of sulfonamides is 1. The predicted molar refractivity (Wildman–Crippen MR) is 104 cm³/mol. The molecule has 0 aromatic heterocycles. The number of hydrogen-bond donors (Lipinski definition) is 2. The fraction of sp³-hybridized carbons (Fsp3) is 0.350. The van der Waals surface area contributed by atoms with Crippen molar-refractivity contribution in [3.8, 4) is 0 Å². The molecule has 0 bridgehead atoms. The second-order valence-corrected chi connectivity index (χ2v) is 8.80. The normalized spacial score (nSPS) is 16.2. The molecule has 1 fully saturated rings. The average molecular weight is 388 g/mol. The van der Waals surface area contributed by atoms with Crippen LogP contribution < -0.4 is 11.1 Å². The van der Waals surface area contributed by atoms with E-state index >= 15 is 0 Å². The molecule has 2 aromatic rings. The van der Waals surface area contributed by atoms with Gasteiger partial charge < -0.3 is 11.1 Å². The van der Waals surface area contributed by atoms with Crippen LogP contribution in [0.2, 0.25) is 0 Å². The third-order valence-corrected chi connectivity index (χ3v) is 6.72. The van der Waals surface area contributed by atoms with Crippen molar-refractivity contribution >= 4 is 15.9 Å². The van der Waals surface area contributed by atoms with Crippen LogP contribution in [0.5, 0.6) is 0 Å². The summed E-state index contributed by atoms with van der Waals surface area (Å²) in [7, 11) is -3.41. The van der Waals surface area contributed by atoms with E-state index in [4.69, 9.17) is 5.73 Å². The number of carbonyl (C=O) groups excluding carboxylic acids is 1. The number of carbonyl (C=O) groups is 1. The molecule has 27 heavy (non-hydrogen) atoms. The second-order valence-electron chi connectivity index (χ2n) is 6.86. The van der Waals surface area contributed by atoms with E-state index in [-0.39, 0.29) is 10.8 Å². The minimum absolute atomic E-state index is 0.271. The van der Waals surface area contributed by atoms with Crippen LogP contribution in [0.4, 0.5) is 0 Å². The Morgan fingerprint density at radius 3 is 2.26 bits per heavy atom. The zero-order chi connectivity index (χ0) is 19.4. The van der Waals surface area contributed by atoms with E-state index in [0.29, 0.717) is 19.6 Å². The molecule has 1 saturated heterocycles. The predicted octanol–water partition coefficient (Wildman–Crippen LogP) is 2.10. The highest BCUT2D eigenvalue weighted by molar-refractivity contribution is 7.89. The second kappa shape index (κ2) is 8.21. The van der Waals surface area contributed by atoms with Gasteiger partial charge in [0.05, 0.1) is 4.90 Å². The minimum Gasteiger partial charge on any atom is -0.350 e. The molecule has 0 saturated carbocycles. The molecule has 1 aliphatic heterocycles. The van der Waals surface area contributed by atoms with Gasteiger partial charge in [-0.1, -0.05) is 42.0 Å². The highest BCUT2D eigenvalue weighted by Gasteiger charge is 2.26. The molecule has 1 unspecified atom stereocenters. The Balaban J connectivity index is 1.60. The lowest BCUT2D eigenvalue weighted by molar-refractivity contribution is -0.122. The number of aryl methyl sites for hydroxylation is 1. The average Bonchev–Trinajstić information content (AvgIpc) is 3.22. The number of benzene rings is 2. The topological polar surface area (TPSA) is 92.5 Å². The van der Waals surface area contributed by atoms with E-state index in [1.165, 1.54) is 4.31 Å². The summed E-state index contributed by atoms with van der Waals surface area (Å²) in [6.07, 6.45) is 1.81. The van der Waals surface area contributed by atoms with Gasteiger partial charge in [-0.05, 0) is 43.0 Å². The van der Waals surface area contributed by atoms with Gasteiger partial charge in [-0.25, -0.2) is 8.42 Å². The van der Waals surface area contributed by atoms with Crippen molar-refractivity contribution in [2.75, 3.05) is 13.1 Å². The Bertz CT molecular complexity index is 887. The van der Waals surface area contributed by atoms with Crippen LogP contribution in [-0.4, -0.2) is 31.7 Å². The Morgan fingerprint density at radius 1 is 1.07 bits per heavy atom. The molecule has 0 radical (unpaired) electrons. The summed E-state index contributed by atoms with van der Waals surface area (Å²) in [6, 6.07) is 13.4. The van der Waals surface area contributed by atoms with Crippen LogP contribution in [0.3, 0.4) is 0 Å².